The number of sulfonamides is 1. The lowest BCUT2D eigenvalue weighted by atomic mass is 10.1. The summed E-state index contributed by atoms with van der Waals surface area (Å²) in [6.45, 7) is 0. The van der Waals surface area contributed by atoms with Gasteiger partial charge in [-0.15, -0.1) is 0 Å². The maximum Gasteiger partial charge on any atom is 0.303 e. The highest BCUT2D eigenvalue weighted by Gasteiger charge is 2.12. The molecule has 0 heterocycles. The third-order valence-electron chi connectivity index (χ3n) is 2.86. The summed E-state index contributed by atoms with van der Waals surface area (Å²) in [6, 6.07) is 12.8. The molecular formula is C14H15NO4S. The number of carboxylic acids is 1. The van der Waals surface area contributed by atoms with Crippen molar-refractivity contribution in [2.45, 2.75) is 12.8 Å². The lowest BCUT2D eigenvalue weighted by molar-refractivity contribution is -0.137. The first-order chi connectivity index (χ1) is 9.48. The Balaban J connectivity index is 2.17. The van der Waals surface area contributed by atoms with Gasteiger partial charge in [0, 0.05) is 11.8 Å². The molecule has 0 bridgehead atoms. The number of anilines is 1. The van der Waals surface area contributed by atoms with E-state index in [2.05, 4.69) is 4.72 Å². The predicted octanol–water partition coefficient (Wildman–Crippen LogP) is 2.45. The Labute approximate surface area is 117 Å². The van der Waals surface area contributed by atoms with Gasteiger partial charge in [0.05, 0.1) is 11.4 Å². The number of rotatable bonds is 6. The molecule has 0 aliphatic carbocycles. The molecule has 0 saturated heterocycles. The lowest BCUT2D eigenvalue weighted by Gasteiger charge is -2.10. The highest BCUT2D eigenvalue weighted by Crippen LogP contribution is 2.24. The van der Waals surface area contributed by atoms with Crippen LogP contribution in [0.25, 0.3) is 10.8 Å². The zero-order valence-corrected chi connectivity index (χ0v) is 11.6. The number of fused-ring (bicyclic) bond motifs is 1. The predicted molar refractivity (Wildman–Crippen MR) is 78.2 cm³/mol. The fourth-order valence-electron chi connectivity index (χ4n) is 1.95. The molecule has 0 unspecified atom stereocenters. The molecule has 0 aliphatic rings. The maximum atomic E-state index is 11.9. The monoisotopic (exact) mass is 293 g/mol. The van der Waals surface area contributed by atoms with Crippen LogP contribution in [0, 0.1) is 0 Å². The van der Waals surface area contributed by atoms with Gasteiger partial charge in [-0.05, 0) is 17.9 Å². The highest BCUT2D eigenvalue weighted by atomic mass is 32.2. The van der Waals surface area contributed by atoms with Gasteiger partial charge in [0.1, 0.15) is 0 Å². The van der Waals surface area contributed by atoms with Crippen LogP contribution in [0.5, 0.6) is 0 Å². The smallest absolute Gasteiger partial charge is 0.303 e. The summed E-state index contributed by atoms with van der Waals surface area (Å²) in [5.74, 6) is -1.20. The van der Waals surface area contributed by atoms with Crippen molar-refractivity contribution in [3.05, 3.63) is 42.5 Å². The molecule has 106 valence electrons. The van der Waals surface area contributed by atoms with E-state index in [1.54, 1.807) is 12.1 Å². The van der Waals surface area contributed by atoms with E-state index < -0.39 is 16.0 Å². The summed E-state index contributed by atoms with van der Waals surface area (Å²) < 4.78 is 26.4. The van der Waals surface area contributed by atoms with Gasteiger partial charge in [0.25, 0.3) is 0 Å². The summed E-state index contributed by atoms with van der Waals surface area (Å²) in [6.07, 6.45) is -0.0636. The largest absolute Gasteiger partial charge is 0.481 e. The SMILES string of the molecule is O=C(O)CCCS(=O)(=O)Nc1cccc2ccccc12. The van der Waals surface area contributed by atoms with Crippen LogP contribution >= 0.6 is 0 Å². The van der Waals surface area contributed by atoms with Crippen LogP contribution in [-0.4, -0.2) is 25.2 Å². The van der Waals surface area contributed by atoms with E-state index in [1.807, 2.05) is 30.3 Å². The zero-order valence-electron chi connectivity index (χ0n) is 10.7. The Hall–Kier alpha value is -2.08. The molecule has 5 nitrogen and oxygen atoms in total. The minimum Gasteiger partial charge on any atom is -0.481 e. The Bertz CT molecular complexity index is 720. The molecule has 0 spiro atoms. The quantitative estimate of drug-likeness (QED) is 0.857. The second-order valence-corrected chi connectivity index (χ2v) is 6.29. The number of carboxylic acid groups (broad SMARTS) is 1. The summed E-state index contributed by atoms with van der Waals surface area (Å²) in [4.78, 5) is 10.4. The lowest BCUT2D eigenvalue weighted by Crippen LogP contribution is -2.17. The standard InChI is InChI=1S/C14H15NO4S/c16-14(17)9-4-10-20(18,19)15-13-8-3-6-11-5-1-2-7-12(11)13/h1-3,5-8,15H,4,9-10H2,(H,16,17). The topological polar surface area (TPSA) is 83.5 Å². The van der Waals surface area contributed by atoms with Crippen LogP contribution in [0.2, 0.25) is 0 Å². The van der Waals surface area contributed by atoms with E-state index in [-0.39, 0.29) is 18.6 Å². The van der Waals surface area contributed by atoms with E-state index in [9.17, 15) is 13.2 Å². The van der Waals surface area contributed by atoms with Crippen molar-refractivity contribution in [2.75, 3.05) is 10.5 Å². The summed E-state index contributed by atoms with van der Waals surface area (Å²) in [5, 5.41) is 10.3. The number of nitrogens with one attached hydrogen (secondary N) is 1. The number of aliphatic carboxylic acids is 1. The first-order valence-electron chi connectivity index (χ1n) is 6.18. The Morgan fingerprint density at radius 3 is 2.55 bits per heavy atom. The molecule has 0 amide bonds. The Morgan fingerprint density at radius 2 is 1.80 bits per heavy atom. The van der Waals surface area contributed by atoms with Crippen molar-refractivity contribution in [2.24, 2.45) is 0 Å². The molecule has 2 aromatic rings. The number of hydrogen-bond donors (Lipinski definition) is 2. The van der Waals surface area contributed by atoms with Gasteiger partial charge >= 0.3 is 5.97 Å². The molecule has 20 heavy (non-hydrogen) atoms. The van der Waals surface area contributed by atoms with Gasteiger partial charge in [0.15, 0.2) is 0 Å². The van der Waals surface area contributed by atoms with Crippen LogP contribution in [-0.2, 0) is 14.8 Å². The van der Waals surface area contributed by atoms with Crippen LogP contribution < -0.4 is 4.72 Å². The second kappa shape index (κ2) is 5.92. The molecule has 6 heteroatoms. The Morgan fingerprint density at radius 1 is 1.10 bits per heavy atom. The van der Waals surface area contributed by atoms with Crippen LogP contribution in [0.15, 0.2) is 42.5 Å². The molecule has 2 N–H and O–H groups in total. The third-order valence-corrected chi connectivity index (χ3v) is 4.22. The van der Waals surface area contributed by atoms with Gasteiger partial charge in [-0.1, -0.05) is 36.4 Å². The van der Waals surface area contributed by atoms with E-state index >= 15 is 0 Å². The number of hydrogen-bond acceptors (Lipinski definition) is 3. The summed E-state index contributed by atoms with van der Waals surface area (Å²) >= 11 is 0. The van der Waals surface area contributed by atoms with Gasteiger partial charge in [-0.3, -0.25) is 9.52 Å². The number of benzene rings is 2. The first kappa shape index (κ1) is 14.3. The first-order valence-corrected chi connectivity index (χ1v) is 7.83. The average Bonchev–Trinajstić information content (AvgIpc) is 2.38. The number of carbonyl (C=O) groups is 1. The molecule has 0 radical (unpaired) electrons. The van der Waals surface area contributed by atoms with Crippen molar-refractivity contribution >= 4 is 32.5 Å². The van der Waals surface area contributed by atoms with Gasteiger partial charge in [0.2, 0.25) is 10.0 Å². The molecule has 2 aromatic carbocycles. The fraction of sp³-hybridized carbons (Fsp3) is 0.214. The van der Waals surface area contributed by atoms with Crippen molar-refractivity contribution in [1.29, 1.82) is 0 Å². The van der Waals surface area contributed by atoms with Gasteiger partial charge in [-0.25, -0.2) is 8.42 Å². The molecule has 2 rings (SSSR count). The minimum atomic E-state index is -3.54. The minimum absolute atomic E-state index is 0.0927. The van der Waals surface area contributed by atoms with Crippen molar-refractivity contribution in [3.63, 3.8) is 0 Å². The fourth-order valence-corrected chi connectivity index (χ4v) is 3.09. The average molecular weight is 293 g/mol. The van der Waals surface area contributed by atoms with Crippen molar-refractivity contribution < 1.29 is 18.3 Å². The van der Waals surface area contributed by atoms with E-state index in [0.717, 1.165) is 10.8 Å². The van der Waals surface area contributed by atoms with Crippen molar-refractivity contribution in [1.82, 2.24) is 0 Å². The molecular weight excluding hydrogens is 278 g/mol. The van der Waals surface area contributed by atoms with E-state index in [0.29, 0.717) is 5.69 Å². The van der Waals surface area contributed by atoms with Crippen LogP contribution in [0.4, 0.5) is 5.69 Å². The summed E-state index contributed by atoms with van der Waals surface area (Å²) in [5.41, 5.74) is 0.512. The van der Waals surface area contributed by atoms with E-state index in [1.165, 1.54) is 0 Å². The van der Waals surface area contributed by atoms with Crippen LogP contribution in [0.3, 0.4) is 0 Å². The molecule has 0 atom stereocenters. The Kier molecular flexibility index (Phi) is 4.24. The van der Waals surface area contributed by atoms with Gasteiger partial charge in [-0.2, -0.15) is 0 Å². The molecule has 0 fully saturated rings. The zero-order chi connectivity index (χ0) is 14.6. The molecule has 0 aliphatic heterocycles. The highest BCUT2D eigenvalue weighted by molar-refractivity contribution is 7.92. The molecule has 0 aromatic heterocycles. The van der Waals surface area contributed by atoms with Gasteiger partial charge < -0.3 is 5.11 Å². The van der Waals surface area contributed by atoms with Crippen molar-refractivity contribution in [3.8, 4) is 0 Å². The normalized spacial score (nSPS) is 11.4. The van der Waals surface area contributed by atoms with Crippen LogP contribution in [0.1, 0.15) is 12.8 Å². The second-order valence-electron chi connectivity index (χ2n) is 4.44. The summed E-state index contributed by atoms with van der Waals surface area (Å²) in [7, 11) is -3.54. The third kappa shape index (κ3) is 3.71. The van der Waals surface area contributed by atoms with E-state index in [4.69, 9.17) is 5.11 Å². The molecule has 0 saturated carbocycles. The maximum absolute atomic E-state index is 11.9.